The minimum Gasteiger partial charge on any atom is -0.462 e. The van der Waals surface area contributed by atoms with Crippen LogP contribution in [0.2, 0.25) is 0 Å². The molecule has 0 rings (SSSR count). The molecule has 0 radical (unpaired) electrons. The molecule has 618 valence electrons. The Bertz CT molecular complexity index is 1990. The SMILES string of the molecule is CCCCCCCCCCCCCCCCCCCCCCC(=O)O[C@H](COC(=O)CCCCCCCCCCCCCCCCCC(C)C)COP(=O)(O)OC[C@@H](O)COP(=O)(O)OC[C@@H](COC(=O)CCCCCCCCCCCCCCC)OC(=O)CCCCCCCCCCCCC(C)C. The Balaban J connectivity index is 5.25. The van der Waals surface area contributed by atoms with Crippen LogP contribution in [-0.4, -0.2) is 96.7 Å². The summed E-state index contributed by atoms with van der Waals surface area (Å²) in [4.78, 5) is 73.2. The Morgan fingerprint density at radius 3 is 0.654 bits per heavy atom. The van der Waals surface area contributed by atoms with Crippen molar-refractivity contribution in [3.05, 3.63) is 0 Å². The van der Waals surface area contributed by atoms with E-state index >= 15 is 0 Å². The Labute approximate surface area is 638 Å². The van der Waals surface area contributed by atoms with E-state index in [1.165, 1.54) is 270 Å². The third kappa shape index (κ3) is 78.2. The molecule has 0 saturated carbocycles. The largest absolute Gasteiger partial charge is 0.472 e. The summed E-state index contributed by atoms with van der Waals surface area (Å²) in [7, 11) is -9.93. The molecule has 3 N–H and O–H groups in total. The topological polar surface area (TPSA) is 237 Å². The monoisotopic (exact) mass is 1520 g/mol. The highest BCUT2D eigenvalue weighted by Gasteiger charge is 2.30. The number of rotatable bonds is 84. The molecular weight excluding hydrogens is 1350 g/mol. The smallest absolute Gasteiger partial charge is 0.462 e. The van der Waals surface area contributed by atoms with Crippen LogP contribution in [0.5, 0.6) is 0 Å². The van der Waals surface area contributed by atoms with Crippen LogP contribution in [-0.2, 0) is 65.4 Å². The van der Waals surface area contributed by atoms with Crippen molar-refractivity contribution in [1.82, 2.24) is 0 Å². The fourth-order valence-corrected chi connectivity index (χ4v) is 14.8. The van der Waals surface area contributed by atoms with Gasteiger partial charge in [-0.1, -0.05) is 401 Å². The summed E-state index contributed by atoms with van der Waals surface area (Å²) < 4.78 is 68.9. The number of phosphoric acid groups is 2. The van der Waals surface area contributed by atoms with Crippen LogP contribution in [0, 0.1) is 11.8 Å². The maximum absolute atomic E-state index is 13.1. The van der Waals surface area contributed by atoms with E-state index in [2.05, 4.69) is 41.5 Å². The van der Waals surface area contributed by atoms with Crippen LogP contribution in [0.15, 0.2) is 0 Å². The summed E-state index contributed by atoms with van der Waals surface area (Å²) in [5.41, 5.74) is 0. The standard InChI is InChI=1S/C85H166O17P2/c1-7-9-11-13-15-17-19-21-22-23-24-25-26-29-34-38-45-51-57-63-69-84(89)101-80(73-96-83(88)68-62-56-50-44-37-33-30-27-28-32-35-41-47-53-59-65-77(3)4)75-99-103(91,92)97-71-79(86)72-98-104(93,94)100-76-81(102-85(90)70-64-58-52-46-40-39-42-48-54-60-66-78(5)6)74-95-82(87)67-61-55-49-43-36-31-20-18-16-14-12-10-8-2/h77-81,86H,7-76H2,1-6H3,(H,91,92)(H,93,94)/t79-,80-,81-/m1/s1. The van der Waals surface area contributed by atoms with E-state index in [1.807, 2.05) is 0 Å². The Morgan fingerprint density at radius 1 is 0.260 bits per heavy atom. The number of unbranched alkanes of at least 4 members (excludes halogenated alkanes) is 54. The van der Waals surface area contributed by atoms with E-state index in [-0.39, 0.29) is 25.7 Å². The molecule has 0 fully saturated rings. The zero-order chi connectivity index (χ0) is 76.4. The third-order valence-electron chi connectivity index (χ3n) is 20.0. The second-order valence-corrected chi connectivity index (χ2v) is 34.4. The van der Waals surface area contributed by atoms with Gasteiger partial charge in [-0.25, -0.2) is 9.13 Å². The molecule has 0 heterocycles. The number of esters is 4. The van der Waals surface area contributed by atoms with Crippen molar-refractivity contribution in [3.63, 3.8) is 0 Å². The van der Waals surface area contributed by atoms with Gasteiger partial charge < -0.3 is 33.8 Å². The van der Waals surface area contributed by atoms with E-state index in [4.69, 9.17) is 37.0 Å². The fraction of sp³-hybridized carbons (Fsp3) is 0.953. The average Bonchev–Trinajstić information content (AvgIpc) is 0.938. The number of aliphatic hydroxyl groups is 1. The van der Waals surface area contributed by atoms with E-state index in [1.54, 1.807) is 0 Å². The van der Waals surface area contributed by atoms with E-state index in [0.29, 0.717) is 25.7 Å². The fourth-order valence-electron chi connectivity index (χ4n) is 13.2. The number of hydrogen-bond donors (Lipinski definition) is 3. The molecule has 17 nitrogen and oxygen atoms in total. The third-order valence-corrected chi connectivity index (χ3v) is 21.9. The first-order valence-electron chi connectivity index (χ1n) is 44.0. The zero-order valence-electron chi connectivity index (χ0n) is 68.3. The van der Waals surface area contributed by atoms with Crippen molar-refractivity contribution in [2.75, 3.05) is 39.6 Å². The number of carbonyl (C=O) groups excluding carboxylic acids is 4. The van der Waals surface area contributed by atoms with Gasteiger partial charge in [0.25, 0.3) is 0 Å². The lowest BCUT2D eigenvalue weighted by molar-refractivity contribution is -0.161. The molecule has 0 aromatic rings. The molecule has 104 heavy (non-hydrogen) atoms. The molecule has 0 aromatic heterocycles. The van der Waals surface area contributed by atoms with E-state index in [0.717, 1.165) is 102 Å². The second-order valence-electron chi connectivity index (χ2n) is 31.5. The van der Waals surface area contributed by atoms with Crippen molar-refractivity contribution in [2.45, 2.75) is 471 Å². The van der Waals surface area contributed by atoms with Gasteiger partial charge in [-0.05, 0) is 37.5 Å². The maximum Gasteiger partial charge on any atom is 0.472 e. The van der Waals surface area contributed by atoms with E-state index < -0.39 is 97.5 Å². The summed E-state index contributed by atoms with van der Waals surface area (Å²) in [5, 5.41) is 10.7. The highest BCUT2D eigenvalue weighted by atomic mass is 31.2. The number of hydrogen-bond acceptors (Lipinski definition) is 15. The summed E-state index contributed by atoms with van der Waals surface area (Å²) in [6.45, 7) is 9.68. The first-order chi connectivity index (χ1) is 50.4. The summed E-state index contributed by atoms with van der Waals surface area (Å²) in [6, 6.07) is 0. The van der Waals surface area contributed by atoms with Crippen molar-refractivity contribution in [2.24, 2.45) is 11.8 Å². The Hall–Kier alpha value is -1.94. The molecule has 0 aliphatic heterocycles. The van der Waals surface area contributed by atoms with Gasteiger partial charge in [0.1, 0.15) is 19.3 Å². The van der Waals surface area contributed by atoms with Crippen molar-refractivity contribution < 1.29 is 80.2 Å². The highest BCUT2D eigenvalue weighted by molar-refractivity contribution is 7.47. The van der Waals surface area contributed by atoms with Gasteiger partial charge >= 0.3 is 39.5 Å². The summed E-state index contributed by atoms with van der Waals surface area (Å²) in [5.74, 6) is -0.544. The first kappa shape index (κ1) is 102. The first-order valence-corrected chi connectivity index (χ1v) is 47.0. The lowest BCUT2D eigenvalue weighted by atomic mass is 10.0. The lowest BCUT2D eigenvalue weighted by Gasteiger charge is -2.21. The Kier molecular flexibility index (Phi) is 75.0. The van der Waals surface area contributed by atoms with Gasteiger partial charge in [0.05, 0.1) is 26.4 Å². The van der Waals surface area contributed by atoms with Gasteiger partial charge in [0, 0.05) is 25.7 Å². The normalized spacial score (nSPS) is 13.8. The predicted molar refractivity (Wildman–Crippen MR) is 428 cm³/mol. The van der Waals surface area contributed by atoms with Crippen LogP contribution in [0.3, 0.4) is 0 Å². The quantitative estimate of drug-likeness (QED) is 0.0222. The predicted octanol–water partition coefficient (Wildman–Crippen LogP) is 25.8. The number of phosphoric ester groups is 2. The Morgan fingerprint density at radius 2 is 0.442 bits per heavy atom. The summed E-state index contributed by atoms with van der Waals surface area (Å²) in [6.07, 6.45) is 68.0. The number of carbonyl (C=O) groups is 4. The second kappa shape index (κ2) is 76.4. The number of ether oxygens (including phenoxy) is 4. The van der Waals surface area contributed by atoms with Gasteiger partial charge in [-0.3, -0.25) is 37.3 Å². The molecule has 2 unspecified atom stereocenters. The molecule has 0 aromatic carbocycles. The molecule has 0 saturated heterocycles. The molecule has 0 amide bonds. The van der Waals surface area contributed by atoms with Crippen LogP contribution >= 0.6 is 15.6 Å². The molecule has 0 spiro atoms. The molecular formula is C85H166O17P2. The van der Waals surface area contributed by atoms with Gasteiger partial charge in [0.2, 0.25) is 0 Å². The maximum atomic E-state index is 13.1. The van der Waals surface area contributed by atoms with E-state index in [9.17, 15) is 43.2 Å². The number of aliphatic hydroxyl groups excluding tert-OH is 1. The lowest BCUT2D eigenvalue weighted by Crippen LogP contribution is -2.30. The van der Waals surface area contributed by atoms with Gasteiger partial charge in [-0.15, -0.1) is 0 Å². The average molecular weight is 1520 g/mol. The molecule has 5 atom stereocenters. The minimum atomic E-state index is -4.97. The molecule has 0 aliphatic carbocycles. The minimum absolute atomic E-state index is 0.107. The van der Waals surface area contributed by atoms with Crippen LogP contribution in [0.25, 0.3) is 0 Å². The van der Waals surface area contributed by atoms with Crippen molar-refractivity contribution in [3.8, 4) is 0 Å². The molecule has 0 aliphatic rings. The zero-order valence-corrected chi connectivity index (χ0v) is 70.1. The van der Waals surface area contributed by atoms with Crippen LogP contribution in [0.4, 0.5) is 0 Å². The van der Waals surface area contributed by atoms with Gasteiger partial charge in [0.15, 0.2) is 12.2 Å². The van der Waals surface area contributed by atoms with Crippen molar-refractivity contribution >= 4 is 39.5 Å². The molecule has 19 heteroatoms. The summed E-state index contributed by atoms with van der Waals surface area (Å²) >= 11 is 0. The highest BCUT2D eigenvalue weighted by Crippen LogP contribution is 2.45. The van der Waals surface area contributed by atoms with Gasteiger partial charge in [-0.2, -0.15) is 0 Å². The van der Waals surface area contributed by atoms with Crippen LogP contribution < -0.4 is 0 Å². The molecule has 0 bridgehead atoms. The van der Waals surface area contributed by atoms with Crippen LogP contribution in [0.1, 0.15) is 452 Å². The van der Waals surface area contributed by atoms with Crippen molar-refractivity contribution in [1.29, 1.82) is 0 Å².